The molecule has 0 saturated heterocycles. The first-order valence-electron chi connectivity index (χ1n) is 10.2. The van der Waals surface area contributed by atoms with Gasteiger partial charge in [0.2, 0.25) is 0 Å². The molecule has 1 N–H and O–H groups in total. The number of allylic oxidation sites excluding steroid dienone is 2. The van der Waals surface area contributed by atoms with Crippen LogP contribution >= 0.6 is 0 Å². The molecule has 0 unspecified atom stereocenters. The predicted molar refractivity (Wildman–Crippen MR) is 112 cm³/mol. The van der Waals surface area contributed by atoms with E-state index in [-0.39, 0.29) is 36.1 Å². The van der Waals surface area contributed by atoms with E-state index in [1.54, 1.807) is 0 Å². The number of ketones is 1. The summed E-state index contributed by atoms with van der Waals surface area (Å²) in [5, 5.41) is 10.3. The van der Waals surface area contributed by atoms with Gasteiger partial charge in [-0.25, -0.2) is 0 Å². The number of rotatable bonds is 9. The number of benzene rings is 1. The van der Waals surface area contributed by atoms with E-state index in [1.807, 2.05) is 69.3 Å². The molecule has 2 rings (SSSR count). The van der Waals surface area contributed by atoms with Crippen molar-refractivity contribution in [3.05, 3.63) is 53.6 Å². The summed E-state index contributed by atoms with van der Waals surface area (Å²) in [6.07, 6.45) is 10.1. The molecule has 1 saturated carbocycles. The number of ether oxygens (including phenoxy) is 1. The fraction of sp³-hybridized carbons (Fsp3) is 0.500. The van der Waals surface area contributed by atoms with Crippen LogP contribution in [0.2, 0.25) is 0 Å². The van der Waals surface area contributed by atoms with Crippen molar-refractivity contribution in [2.24, 2.45) is 11.8 Å². The highest BCUT2D eigenvalue weighted by Gasteiger charge is 2.39. The number of hydrogen-bond donors (Lipinski definition) is 1. The smallest absolute Gasteiger partial charge is 0.306 e. The summed E-state index contributed by atoms with van der Waals surface area (Å²) in [7, 11) is 0. The molecule has 1 aliphatic carbocycles. The van der Waals surface area contributed by atoms with E-state index in [4.69, 9.17) is 4.74 Å². The molecule has 0 aromatic heterocycles. The molecular formula is C24H32O4. The van der Waals surface area contributed by atoms with Crippen molar-refractivity contribution >= 4 is 17.8 Å². The maximum Gasteiger partial charge on any atom is 0.306 e. The van der Waals surface area contributed by atoms with Gasteiger partial charge in [0.25, 0.3) is 0 Å². The fourth-order valence-electron chi connectivity index (χ4n) is 3.47. The highest BCUT2D eigenvalue weighted by Crippen LogP contribution is 2.33. The highest BCUT2D eigenvalue weighted by atomic mass is 16.5. The standard InChI is InChI=1S/C24H32O4/c1-17(2)28-24(27)9-7-5-4-6-8-20-21(23(26)16-22(20)25)15-14-19-12-10-18(3)11-13-19/h4,6,10-15,17,20-21,23,26H,5,7-9,16H2,1-3H3/b6-4-,15-14+/t20-,21-,23-/m1/s1. The molecule has 0 aliphatic heterocycles. The summed E-state index contributed by atoms with van der Waals surface area (Å²) in [6, 6.07) is 8.17. The van der Waals surface area contributed by atoms with Crippen molar-refractivity contribution in [2.45, 2.75) is 65.1 Å². The third-order valence-electron chi connectivity index (χ3n) is 5.00. The van der Waals surface area contributed by atoms with E-state index in [0.29, 0.717) is 12.8 Å². The van der Waals surface area contributed by atoms with E-state index < -0.39 is 6.10 Å². The molecule has 0 spiro atoms. The molecule has 0 heterocycles. The van der Waals surface area contributed by atoms with Crippen molar-refractivity contribution in [1.29, 1.82) is 0 Å². The number of esters is 1. The fourth-order valence-corrected chi connectivity index (χ4v) is 3.47. The van der Waals surface area contributed by atoms with E-state index in [0.717, 1.165) is 18.4 Å². The summed E-state index contributed by atoms with van der Waals surface area (Å²) >= 11 is 0. The first-order valence-corrected chi connectivity index (χ1v) is 10.2. The Kier molecular flexibility index (Phi) is 8.65. The van der Waals surface area contributed by atoms with Crippen LogP contribution in [-0.4, -0.2) is 29.1 Å². The molecule has 0 radical (unpaired) electrons. The van der Waals surface area contributed by atoms with Crippen LogP contribution in [0, 0.1) is 18.8 Å². The van der Waals surface area contributed by atoms with Crippen LogP contribution < -0.4 is 0 Å². The number of unbranched alkanes of at least 4 members (excludes halogenated alkanes) is 1. The lowest BCUT2D eigenvalue weighted by Gasteiger charge is -2.15. The molecule has 1 aromatic carbocycles. The Balaban J connectivity index is 1.83. The van der Waals surface area contributed by atoms with Crippen LogP contribution in [0.3, 0.4) is 0 Å². The van der Waals surface area contributed by atoms with E-state index in [1.165, 1.54) is 5.56 Å². The number of aliphatic hydroxyl groups excluding tert-OH is 1. The quantitative estimate of drug-likeness (QED) is 0.383. The van der Waals surface area contributed by atoms with Gasteiger partial charge in [0.1, 0.15) is 5.78 Å². The zero-order valence-corrected chi connectivity index (χ0v) is 17.1. The maximum absolute atomic E-state index is 12.3. The molecule has 28 heavy (non-hydrogen) atoms. The summed E-state index contributed by atoms with van der Waals surface area (Å²) in [6.45, 7) is 5.73. The van der Waals surface area contributed by atoms with Crippen LogP contribution in [0.5, 0.6) is 0 Å². The van der Waals surface area contributed by atoms with Gasteiger partial charge >= 0.3 is 5.97 Å². The van der Waals surface area contributed by atoms with Gasteiger partial charge in [-0.1, -0.05) is 54.1 Å². The summed E-state index contributed by atoms with van der Waals surface area (Å²) in [5.41, 5.74) is 2.27. The van der Waals surface area contributed by atoms with Gasteiger partial charge < -0.3 is 9.84 Å². The van der Waals surface area contributed by atoms with Crippen molar-refractivity contribution in [3.63, 3.8) is 0 Å². The Morgan fingerprint density at radius 1 is 1.25 bits per heavy atom. The van der Waals surface area contributed by atoms with Gasteiger partial charge in [0.05, 0.1) is 12.2 Å². The van der Waals surface area contributed by atoms with Crippen molar-refractivity contribution in [3.8, 4) is 0 Å². The van der Waals surface area contributed by atoms with Crippen molar-refractivity contribution in [2.75, 3.05) is 0 Å². The minimum Gasteiger partial charge on any atom is -0.463 e. The number of Topliss-reactive ketones (excluding diaryl/α,β-unsaturated/α-hetero) is 1. The second-order valence-corrected chi connectivity index (χ2v) is 7.83. The average Bonchev–Trinajstić information content (AvgIpc) is 2.90. The minimum atomic E-state index is -0.613. The summed E-state index contributed by atoms with van der Waals surface area (Å²) in [5.74, 6) is -0.381. The Labute approximate surface area is 168 Å². The molecule has 0 bridgehead atoms. The van der Waals surface area contributed by atoms with Gasteiger partial charge in [-0.05, 0) is 45.6 Å². The predicted octanol–water partition coefficient (Wildman–Crippen LogP) is 4.64. The molecular weight excluding hydrogens is 352 g/mol. The minimum absolute atomic E-state index is 0.0762. The second kappa shape index (κ2) is 11.0. The van der Waals surface area contributed by atoms with Crippen LogP contribution in [-0.2, 0) is 14.3 Å². The number of carbonyl (C=O) groups is 2. The molecule has 3 atom stereocenters. The third-order valence-corrected chi connectivity index (χ3v) is 5.00. The maximum atomic E-state index is 12.3. The highest BCUT2D eigenvalue weighted by molar-refractivity contribution is 5.85. The molecule has 0 amide bonds. The number of aliphatic hydroxyl groups is 1. The second-order valence-electron chi connectivity index (χ2n) is 7.83. The van der Waals surface area contributed by atoms with E-state index in [9.17, 15) is 14.7 Å². The first kappa shape index (κ1) is 22.1. The zero-order chi connectivity index (χ0) is 20.5. The van der Waals surface area contributed by atoms with Gasteiger partial charge in [-0.3, -0.25) is 9.59 Å². The SMILES string of the molecule is Cc1ccc(/C=C/[C@H]2[C@H](O)CC(=O)[C@@H]2C/C=C\CCCC(=O)OC(C)C)cc1. The molecule has 152 valence electrons. The first-order chi connectivity index (χ1) is 13.4. The lowest BCUT2D eigenvalue weighted by atomic mass is 9.90. The topological polar surface area (TPSA) is 63.6 Å². The number of hydrogen-bond acceptors (Lipinski definition) is 4. The lowest BCUT2D eigenvalue weighted by Crippen LogP contribution is -2.17. The Morgan fingerprint density at radius 2 is 1.96 bits per heavy atom. The van der Waals surface area contributed by atoms with E-state index >= 15 is 0 Å². The molecule has 1 aliphatic rings. The van der Waals surface area contributed by atoms with Crippen LogP contribution in [0.15, 0.2) is 42.5 Å². The van der Waals surface area contributed by atoms with Crippen molar-refractivity contribution in [1.82, 2.24) is 0 Å². The Hall–Kier alpha value is -2.20. The van der Waals surface area contributed by atoms with Gasteiger partial charge in [0, 0.05) is 24.7 Å². The zero-order valence-electron chi connectivity index (χ0n) is 17.1. The average molecular weight is 385 g/mol. The molecule has 1 fully saturated rings. The third kappa shape index (κ3) is 7.08. The molecule has 1 aromatic rings. The van der Waals surface area contributed by atoms with Gasteiger partial charge in [0.15, 0.2) is 0 Å². The largest absolute Gasteiger partial charge is 0.463 e. The Morgan fingerprint density at radius 3 is 2.64 bits per heavy atom. The lowest BCUT2D eigenvalue weighted by molar-refractivity contribution is -0.147. The summed E-state index contributed by atoms with van der Waals surface area (Å²) in [4.78, 5) is 23.8. The Bertz CT molecular complexity index is 700. The monoisotopic (exact) mass is 384 g/mol. The van der Waals surface area contributed by atoms with Gasteiger partial charge in [-0.2, -0.15) is 0 Å². The van der Waals surface area contributed by atoms with Crippen LogP contribution in [0.1, 0.15) is 57.1 Å². The van der Waals surface area contributed by atoms with E-state index in [2.05, 4.69) is 0 Å². The van der Waals surface area contributed by atoms with Crippen LogP contribution in [0.4, 0.5) is 0 Å². The van der Waals surface area contributed by atoms with Crippen LogP contribution in [0.25, 0.3) is 6.08 Å². The van der Waals surface area contributed by atoms with Crippen molar-refractivity contribution < 1.29 is 19.4 Å². The number of carbonyl (C=O) groups excluding carboxylic acids is 2. The molecule has 4 nitrogen and oxygen atoms in total. The van der Waals surface area contributed by atoms with Gasteiger partial charge in [-0.15, -0.1) is 0 Å². The number of aryl methyl sites for hydroxylation is 1. The normalized spacial score (nSPS) is 22.6. The molecule has 4 heteroatoms. The summed E-state index contributed by atoms with van der Waals surface area (Å²) < 4.78 is 5.10.